The lowest BCUT2D eigenvalue weighted by Crippen LogP contribution is -2.30. The zero-order valence-corrected chi connectivity index (χ0v) is 8.64. The number of benzene rings is 1. The zero-order valence-electron chi connectivity index (χ0n) is 7.89. The normalized spacial score (nSPS) is 14.8. The van der Waals surface area contributed by atoms with Gasteiger partial charge in [-0.05, 0) is 31.0 Å². The number of carbonyl (C=O) groups excluding carboxylic acids is 1. The minimum absolute atomic E-state index is 0.0978. The second kappa shape index (κ2) is 4.06. The first-order valence-corrected chi connectivity index (χ1v) is 5.05. The topological polar surface area (TPSA) is 41.1 Å². The smallest absolute Gasteiger partial charge is 0.319 e. The Kier molecular flexibility index (Phi) is 2.77. The van der Waals surface area contributed by atoms with Gasteiger partial charge >= 0.3 is 6.03 Å². The molecule has 2 amide bonds. The molecular formula is C10H10ClFN2O. The van der Waals surface area contributed by atoms with Crippen LogP contribution in [0.3, 0.4) is 0 Å². The highest BCUT2D eigenvalue weighted by atomic mass is 35.5. The summed E-state index contributed by atoms with van der Waals surface area (Å²) in [5.74, 6) is -0.495. The van der Waals surface area contributed by atoms with E-state index in [1.807, 2.05) is 0 Å². The fourth-order valence-electron chi connectivity index (χ4n) is 1.16. The molecule has 5 heteroatoms. The molecule has 1 saturated carbocycles. The average molecular weight is 229 g/mol. The largest absolute Gasteiger partial charge is 0.335 e. The fraction of sp³-hybridized carbons (Fsp3) is 0.300. The second-order valence-electron chi connectivity index (χ2n) is 3.50. The van der Waals surface area contributed by atoms with Crippen molar-refractivity contribution in [2.75, 3.05) is 5.32 Å². The minimum Gasteiger partial charge on any atom is -0.335 e. The van der Waals surface area contributed by atoms with Gasteiger partial charge in [0.1, 0.15) is 5.82 Å². The Bertz CT molecular complexity index is 393. The molecule has 0 heterocycles. The molecule has 0 aromatic heterocycles. The molecule has 1 aliphatic carbocycles. The van der Waals surface area contributed by atoms with Crippen molar-refractivity contribution in [1.82, 2.24) is 5.32 Å². The molecule has 3 nitrogen and oxygen atoms in total. The minimum atomic E-state index is -0.495. The zero-order chi connectivity index (χ0) is 10.8. The molecule has 2 rings (SSSR count). The SMILES string of the molecule is O=C(Nc1cc(Cl)ccc1F)NC1CC1. The van der Waals surface area contributed by atoms with Gasteiger partial charge in [-0.1, -0.05) is 11.6 Å². The highest BCUT2D eigenvalue weighted by Gasteiger charge is 2.23. The van der Waals surface area contributed by atoms with Crippen molar-refractivity contribution in [3.63, 3.8) is 0 Å². The van der Waals surface area contributed by atoms with Crippen LogP contribution in [0, 0.1) is 5.82 Å². The molecule has 0 saturated heterocycles. The molecule has 0 unspecified atom stereocenters. The monoisotopic (exact) mass is 228 g/mol. The van der Waals surface area contributed by atoms with Gasteiger partial charge in [-0.3, -0.25) is 0 Å². The fourth-order valence-corrected chi connectivity index (χ4v) is 1.34. The summed E-state index contributed by atoms with van der Waals surface area (Å²) in [6, 6.07) is 3.88. The van der Waals surface area contributed by atoms with Gasteiger partial charge < -0.3 is 10.6 Å². The van der Waals surface area contributed by atoms with Crippen LogP contribution in [0.5, 0.6) is 0 Å². The molecule has 0 atom stereocenters. The van der Waals surface area contributed by atoms with Gasteiger partial charge in [-0.2, -0.15) is 0 Å². The third kappa shape index (κ3) is 2.83. The van der Waals surface area contributed by atoms with Crippen molar-refractivity contribution < 1.29 is 9.18 Å². The van der Waals surface area contributed by atoms with Crippen molar-refractivity contribution in [2.45, 2.75) is 18.9 Å². The summed E-state index contributed by atoms with van der Waals surface area (Å²) < 4.78 is 13.2. The lowest BCUT2D eigenvalue weighted by Gasteiger charge is -2.07. The molecule has 1 aliphatic rings. The second-order valence-corrected chi connectivity index (χ2v) is 3.93. The maximum atomic E-state index is 13.2. The van der Waals surface area contributed by atoms with Crippen LogP contribution in [0.2, 0.25) is 5.02 Å². The Balaban J connectivity index is 2.01. The van der Waals surface area contributed by atoms with Gasteiger partial charge in [0.05, 0.1) is 5.69 Å². The number of hydrogen-bond acceptors (Lipinski definition) is 1. The van der Waals surface area contributed by atoms with Crippen LogP contribution >= 0.6 is 11.6 Å². The van der Waals surface area contributed by atoms with Crippen molar-refractivity contribution in [3.8, 4) is 0 Å². The van der Waals surface area contributed by atoms with Gasteiger partial charge in [0.15, 0.2) is 0 Å². The van der Waals surface area contributed by atoms with E-state index in [-0.39, 0.29) is 11.7 Å². The van der Waals surface area contributed by atoms with Gasteiger partial charge in [-0.25, -0.2) is 9.18 Å². The molecule has 1 aromatic carbocycles. The number of urea groups is 1. The van der Waals surface area contributed by atoms with E-state index >= 15 is 0 Å². The van der Waals surface area contributed by atoms with Crippen molar-refractivity contribution in [3.05, 3.63) is 29.0 Å². The molecular weight excluding hydrogens is 219 g/mol. The predicted molar refractivity (Wildman–Crippen MR) is 56.6 cm³/mol. The average Bonchev–Trinajstić information content (AvgIpc) is 2.95. The van der Waals surface area contributed by atoms with Crippen LogP contribution in [0.4, 0.5) is 14.9 Å². The molecule has 15 heavy (non-hydrogen) atoms. The third-order valence-electron chi connectivity index (χ3n) is 2.09. The summed E-state index contributed by atoms with van der Waals surface area (Å²) in [7, 11) is 0. The van der Waals surface area contributed by atoms with Gasteiger partial charge in [0, 0.05) is 11.1 Å². The van der Waals surface area contributed by atoms with E-state index < -0.39 is 11.8 Å². The number of halogens is 2. The Morgan fingerprint density at radius 3 is 2.87 bits per heavy atom. The predicted octanol–water partition coefficient (Wildman–Crippen LogP) is 2.76. The lowest BCUT2D eigenvalue weighted by molar-refractivity contribution is 0.251. The first-order valence-electron chi connectivity index (χ1n) is 4.68. The molecule has 80 valence electrons. The van der Waals surface area contributed by atoms with Crippen molar-refractivity contribution in [1.29, 1.82) is 0 Å². The van der Waals surface area contributed by atoms with Crippen LogP contribution in [-0.4, -0.2) is 12.1 Å². The van der Waals surface area contributed by atoms with Crippen LogP contribution < -0.4 is 10.6 Å². The summed E-state index contributed by atoms with van der Waals surface area (Å²) in [6.45, 7) is 0. The number of anilines is 1. The summed E-state index contributed by atoms with van der Waals surface area (Å²) in [6.07, 6.45) is 1.98. The molecule has 1 aromatic rings. The number of amides is 2. The molecule has 1 fully saturated rings. The first-order chi connectivity index (χ1) is 7.15. The van der Waals surface area contributed by atoms with Crippen LogP contribution in [0.25, 0.3) is 0 Å². The van der Waals surface area contributed by atoms with Crippen molar-refractivity contribution in [2.24, 2.45) is 0 Å². The van der Waals surface area contributed by atoms with E-state index in [4.69, 9.17) is 11.6 Å². The van der Waals surface area contributed by atoms with E-state index in [1.54, 1.807) is 0 Å². The summed E-state index contributed by atoms with van der Waals surface area (Å²) in [4.78, 5) is 11.3. The van der Waals surface area contributed by atoms with Gasteiger partial charge in [0.2, 0.25) is 0 Å². The summed E-state index contributed by atoms with van der Waals surface area (Å²) in [5, 5.41) is 5.49. The van der Waals surface area contributed by atoms with Crippen molar-refractivity contribution >= 4 is 23.3 Å². The number of carbonyl (C=O) groups is 1. The van der Waals surface area contributed by atoms with Crippen LogP contribution in [0.15, 0.2) is 18.2 Å². The molecule has 0 bridgehead atoms. The molecule has 0 aliphatic heterocycles. The number of rotatable bonds is 2. The van der Waals surface area contributed by atoms with E-state index in [1.165, 1.54) is 18.2 Å². The Labute approximate surface area is 91.6 Å². The maximum Gasteiger partial charge on any atom is 0.319 e. The maximum absolute atomic E-state index is 13.2. The highest BCUT2D eigenvalue weighted by Crippen LogP contribution is 2.21. The highest BCUT2D eigenvalue weighted by molar-refractivity contribution is 6.30. The van der Waals surface area contributed by atoms with Crippen LogP contribution in [-0.2, 0) is 0 Å². The quantitative estimate of drug-likeness (QED) is 0.803. The Morgan fingerprint density at radius 1 is 1.47 bits per heavy atom. The Hall–Kier alpha value is -1.29. The summed E-state index contributed by atoms with van der Waals surface area (Å²) in [5.41, 5.74) is 0.0978. The van der Waals surface area contributed by atoms with E-state index in [0.29, 0.717) is 5.02 Å². The number of hydrogen-bond donors (Lipinski definition) is 2. The first kappa shape index (κ1) is 10.2. The molecule has 2 N–H and O–H groups in total. The third-order valence-corrected chi connectivity index (χ3v) is 2.32. The Morgan fingerprint density at radius 2 is 2.20 bits per heavy atom. The van der Waals surface area contributed by atoms with E-state index in [9.17, 15) is 9.18 Å². The lowest BCUT2D eigenvalue weighted by atomic mass is 10.3. The van der Waals surface area contributed by atoms with Crippen LogP contribution in [0.1, 0.15) is 12.8 Å². The van der Waals surface area contributed by atoms with Gasteiger partial charge in [-0.15, -0.1) is 0 Å². The molecule has 0 spiro atoms. The number of nitrogens with one attached hydrogen (secondary N) is 2. The summed E-state index contributed by atoms with van der Waals surface area (Å²) >= 11 is 5.68. The molecule has 0 radical (unpaired) electrons. The van der Waals surface area contributed by atoms with Gasteiger partial charge in [0.25, 0.3) is 0 Å². The van der Waals surface area contributed by atoms with E-state index in [2.05, 4.69) is 10.6 Å². The van der Waals surface area contributed by atoms with E-state index in [0.717, 1.165) is 12.8 Å². The standard InChI is InChI=1S/C10H10ClFN2O/c11-6-1-4-8(12)9(5-6)14-10(15)13-7-2-3-7/h1,4-5,7H,2-3H2,(H2,13,14,15).